The summed E-state index contributed by atoms with van der Waals surface area (Å²) in [6.45, 7) is 5.75. The molecule has 3 rings (SSSR count). The molecule has 2 aromatic rings. The molecule has 0 spiro atoms. The number of aromatic nitrogens is 1. The molecule has 1 saturated heterocycles. The van der Waals surface area contributed by atoms with Gasteiger partial charge in [-0.05, 0) is 18.6 Å². The van der Waals surface area contributed by atoms with Crippen molar-refractivity contribution in [3.05, 3.63) is 45.9 Å². The van der Waals surface area contributed by atoms with Gasteiger partial charge in [-0.2, -0.15) is 0 Å². The van der Waals surface area contributed by atoms with Gasteiger partial charge in [-0.15, -0.1) is 11.3 Å². The van der Waals surface area contributed by atoms with Crippen LogP contribution in [0.3, 0.4) is 0 Å². The molecule has 6 heteroatoms. The second-order valence-corrected chi connectivity index (χ2v) is 6.51. The summed E-state index contributed by atoms with van der Waals surface area (Å²) >= 11 is 1.40. The van der Waals surface area contributed by atoms with Gasteiger partial charge in [-0.3, -0.25) is 4.79 Å². The zero-order chi connectivity index (χ0) is 16.2. The van der Waals surface area contributed by atoms with Crippen LogP contribution in [0.5, 0.6) is 0 Å². The quantitative estimate of drug-likeness (QED) is 0.864. The van der Waals surface area contributed by atoms with Crippen molar-refractivity contribution in [1.29, 1.82) is 0 Å². The number of benzene rings is 1. The summed E-state index contributed by atoms with van der Waals surface area (Å²) in [5.41, 5.74) is 4.87. The SMILES string of the molecule is Cc1ncsc1C(=O)N(C)Cc1ccccc1N1CCOCC1. The van der Waals surface area contributed by atoms with Crippen molar-refractivity contribution in [3.8, 4) is 0 Å². The van der Waals surface area contributed by atoms with E-state index in [2.05, 4.69) is 22.0 Å². The molecule has 1 amide bonds. The lowest BCUT2D eigenvalue weighted by atomic mass is 10.1. The van der Waals surface area contributed by atoms with Crippen LogP contribution in [0.4, 0.5) is 5.69 Å². The van der Waals surface area contributed by atoms with Gasteiger partial charge in [0.05, 0.1) is 24.4 Å². The second kappa shape index (κ2) is 7.10. The molecule has 0 radical (unpaired) electrons. The molecule has 1 aliphatic rings. The minimum atomic E-state index is 0.0294. The molecule has 1 fully saturated rings. The highest BCUT2D eigenvalue weighted by Crippen LogP contribution is 2.24. The first kappa shape index (κ1) is 16.0. The molecule has 0 unspecified atom stereocenters. The number of hydrogen-bond donors (Lipinski definition) is 0. The molecule has 5 nitrogen and oxygen atoms in total. The fourth-order valence-electron chi connectivity index (χ4n) is 2.77. The maximum Gasteiger partial charge on any atom is 0.265 e. The molecule has 0 atom stereocenters. The third kappa shape index (κ3) is 3.54. The van der Waals surface area contributed by atoms with Crippen LogP contribution in [0.15, 0.2) is 29.8 Å². The monoisotopic (exact) mass is 331 g/mol. The van der Waals surface area contributed by atoms with E-state index < -0.39 is 0 Å². The number of carbonyl (C=O) groups excluding carboxylic acids is 1. The summed E-state index contributed by atoms with van der Waals surface area (Å²) in [4.78, 5) is 21.6. The second-order valence-electron chi connectivity index (χ2n) is 5.66. The van der Waals surface area contributed by atoms with Gasteiger partial charge in [0.15, 0.2) is 0 Å². The zero-order valence-corrected chi connectivity index (χ0v) is 14.3. The van der Waals surface area contributed by atoms with E-state index in [0.717, 1.165) is 42.4 Å². The lowest BCUT2D eigenvalue weighted by Gasteiger charge is -2.31. The van der Waals surface area contributed by atoms with Crippen LogP contribution >= 0.6 is 11.3 Å². The Morgan fingerprint density at radius 1 is 1.35 bits per heavy atom. The van der Waals surface area contributed by atoms with Crippen molar-refractivity contribution < 1.29 is 9.53 Å². The Hall–Kier alpha value is -1.92. The Kier molecular flexibility index (Phi) is 4.93. The maximum atomic E-state index is 12.6. The number of hydrogen-bond acceptors (Lipinski definition) is 5. The summed E-state index contributed by atoms with van der Waals surface area (Å²) in [5.74, 6) is 0.0294. The number of morpholine rings is 1. The fraction of sp³-hybridized carbons (Fsp3) is 0.412. The molecule has 2 heterocycles. The van der Waals surface area contributed by atoms with Crippen LogP contribution in [-0.2, 0) is 11.3 Å². The molecule has 0 N–H and O–H groups in total. The Labute approximate surface area is 140 Å². The molecule has 1 aromatic heterocycles. The fourth-order valence-corrected chi connectivity index (χ4v) is 3.56. The molecular formula is C17H21N3O2S. The predicted octanol–water partition coefficient (Wildman–Crippen LogP) is 2.56. The van der Waals surface area contributed by atoms with Crippen molar-refractivity contribution >= 4 is 22.9 Å². The average Bonchev–Trinajstić information content (AvgIpc) is 3.01. The van der Waals surface area contributed by atoms with Crippen LogP contribution in [0.1, 0.15) is 20.9 Å². The minimum absolute atomic E-state index is 0.0294. The van der Waals surface area contributed by atoms with E-state index in [4.69, 9.17) is 4.74 Å². The van der Waals surface area contributed by atoms with E-state index in [1.807, 2.05) is 26.1 Å². The number of carbonyl (C=O) groups is 1. The van der Waals surface area contributed by atoms with Gasteiger partial charge < -0.3 is 14.5 Å². The molecule has 1 aliphatic heterocycles. The predicted molar refractivity (Wildman–Crippen MR) is 92.1 cm³/mol. The van der Waals surface area contributed by atoms with Gasteiger partial charge >= 0.3 is 0 Å². The summed E-state index contributed by atoms with van der Waals surface area (Å²) < 4.78 is 5.43. The number of nitrogens with zero attached hydrogens (tertiary/aromatic N) is 3. The Balaban J connectivity index is 1.77. The number of amides is 1. The van der Waals surface area contributed by atoms with Gasteiger partial charge in [0.1, 0.15) is 4.88 Å². The Morgan fingerprint density at radius 2 is 2.09 bits per heavy atom. The number of rotatable bonds is 4. The van der Waals surface area contributed by atoms with Gasteiger partial charge in [0.25, 0.3) is 5.91 Å². The zero-order valence-electron chi connectivity index (χ0n) is 13.5. The van der Waals surface area contributed by atoms with Crippen molar-refractivity contribution in [3.63, 3.8) is 0 Å². The number of ether oxygens (including phenoxy) is 1. The summed E-state index contributed by atoms with van der Waals surface area (Å²) in [5, 5.41) is 0. The Bertz CT molecular complexity index is 680. The average molecular weight is 331 g/mol. The van der Waals surface area contributed by atoms with Crippen LogP contribution in [0.2, 0.25) is 0 Å². The van der Waals surface area contributed by atoms with E-state index in [9.17, 15) is 4.79 Å². The van der Waals surface area contributed by atoms with Crippen LogP contribution in [0, 0.1) is 6.92 Å². The molecule has 0 saturated carbocycles. The van der Waals surface area contributed by atoms with Gasteiger partial charge in [-0.1, -0.05) is 18.2 Å². The first-order valence-electron chi connectivity index (χ1n) is 7.73. The maximum absolute atomic E-state index is 12.6. The van der Waals surface area contributed by atoms with Gasteiger partial charge in [0.2, 0.25) is 0 Å². The number of para-hydroxylation sites is 1. The topological polar surface area (TPSA) is 45.7 Å². The standard InChI is InChI=1S/C17H21N3O2S/c1-13-16(23-12-18-13)17(21)19(2)11-14-5-3-4-6-15(14)20-7-9-22-10-8-20/h3-6,12H,7-11H2,1-2H3. The smallest absolute Gasteiger partial charge is 0.265 e. The normalized spacial score (nSPS) is 14.8. The minimum Gasteiger partial charge on any atom is -0.378 e. The highest BCUT2D eigenvalue weighted by Gasteiger charge is 2.19. The molecular weight excluding hydrogens is 310 g/mol. The molecule has 23 heavy (non-hydrogen) atoms. The van der Waals surface area contributed by atoms with Crippen molar-refractivity contribution in [2.45, 2.75) is 13.5 Å². The number of aryl methyl sites for hydroxylation is 1. The molecule has 122 valence electrons. The lowest BCUT2D eigenvalue weighted by molar-refractivity contribution is 0.0788. The molecule has 1 aromatic carbocycles. The van der Waals surface area contributed by atoms with Crippen LogP contribution in [-0.4, -0.2) is 49.1 Å². The van der Waals surface area contributed by atoms with E-state index in [0.29, 0.717) is 6.54 Å². The van der Waals surface area contributed by atoms with E-state index in [1.165, 1.54) is 17.0 Å². The van der Waals surface area contributed by atoms with Gasteiger partial charge in [0, 0.05) is 32.4 Å². The van der Waals surface area contributed by atoms with Crippen molar-refractivity contribution in [2.24, 2.45) is 0 Å². The van der Waals surface area contributed by atoms with E-state index in [-0.39, 0.29) is 5.91 Å². The first-order chi connectivity index (χ1) is 11.2. The van der Waals surface area contributed by atoms with E-state index >= 15 is 0 Å². The third-order valence-corrected chi connectivity index (χ3v) is 4.95. The summed E-state index contributed by atoms with van der Waals surface area (Å²) in [6, 6.07) is 8.28. The third-order valence-electron chi connectivity index (χ3n) is 4.04. The van der Waals surface area contributed by atoms with Gasteiger partial charge in [-0.25, -0.2) is 4.98 Å². The molecule has 0 bridgehead atoms. The summed E-state index contributed by atoms with van der Waals surface area (Å²) in [7, 11) is 1.84. The van der Waals surface area contributed by atoms with Crippen LogP contribution < -0.4 is 4.90 Å². The van der Waals surface area contributed by atoms with E-state index in [1.54, 1.807) is 10.4 Å². The Morgan fingerprint density at radius 3 is 2.78 bits per heavy atom. The number of thiazole rings is 1. The number of anilines is 1. The lowest BCUT2D eigenvalue weighted by Crippen LogP contribution is -2.37. The van der Waals surface area contributed by atoms with Crippen LogP contribution in [0.25, 0.3) is 0 Å². The largest absolute Gasteiger partial charge is 0.378 e. The first-order valence-corrected chi connectivity index (χ1v) is 8.61. The van der Waals surface area contributed by atoms with Crippen molar-refractivity contribution in [1.82, 2.24) is 9.88 Å². The highest BCUT2D eigenvalue weighted by molar-refractivity contribution is 7.11. The molecule has 0 aliphatic carbocycles. The van der Waals surface area contributed by atoms with Crippen molar-refractivity contribution in [2.75, 3.05) is 38.3 Å². The summed E-state index contributed by atoms with van der Waals surface area (Å²) in [6.07, 6.45) is 0. The highest BCUT2D eigenvalue weighted by atomic mass is 32.1.